The van der Waals surface area contributed by atoms with Crippen LogP contribution in [0.3, 0.4) is 0 Å². The van der Waals surface area contributed by atoms with Crippen molar-refractivity contribution in [2.24, 2.45) is 0 Å². The second-order valence-corrected chi connectivity index (χ2v) is 16.6. The molecular weight excluding hydrogens is 839 g/mol. The van der Waals surface area contributed by atoms with E-state index in [1.807, 2.05) is 135 Å². The van der Waals surface area contributed by atoms with Gasteiger partial charge in [0.1, 0.15) is 39.5 Å². The van der Waals surface area contributed by atoms with Crippen molar-refractivity contribution >= 4 is 38.7 Å². The highest BCUT2D eigenvalue weighted by molar-refractivity contribution is 9.09. The Labute approximate surface area is 361 Å². The van der Waals surface area contributed by atoms with Gasteiger partial charge in [-0.1, -0.05) is 119 Å². The van der Waals surface area contributed by atoms with Crippen molar-refractivity contribution in [2.75, 3.05) is 43.0 Å². The molecule has 312 valence electrons. The summed E-state index contributed by atoms with van der Waals surface area (Å²) in [5, 5.41) is 21.9. The van der Waals surface area contributed by atoms with E-state index in [4.69, 9.17) is 19.7 Å². The maximum Gasteiger partial charge on any atom is 0.410 e. The number of rotatable bonds is 11. The Balaban J connectivity index is 1.36. The van der Waals surface area contributed by atoms with Gasteiger partial charge in [-0.15, -0.1) is 0 Å². The van der Waals surface area contributed by atoms with Crippen LogP contribution in [0.2, 0.25) is 0 Å². The quantitative estimate of drug-likeness (QED) is 0.0778. The molecule has 2 aromatic heterocycles. The van der Waals surface area contributed by atoms with Gasteiger partial charge in [-0.25, -0.2) is 13.9 Å². The van der Waals surface area contributed by atoms with Crippen LogP contribution in [0.4, 0.5) is 14.9 Å². The summed E-state index contributed by atoms with van der Waals surface area (Å²) in [5.41, 5.74) is 2.41. The number of aromatic nitrogens is 4. The Morgan fingerprint density at radius 3 is 1.95 bits per heavy atom. The Morgan fingerprint density at radius 1 is 0.787 bits per heavy atom. The predicted octanol–water partition coefficient (Wildman–Crippen LogP) is 9.16. The van der Waals surface area contributed by atoms with Gasteiger partial charge in [0.05, 0.1) is 17.8 Å². The fraction of sp³-hybridized carbons (Fsp3) is 0.250. The van der Waals surface area contributed by atoms with Crippen LogP contribution in [0.15, 0.2) is 138 Å². The largest absolute Gasteiger partial charge is 0.506 e. The number of benzene rings is 5. The summed E-state index contributed by atoms with van der Waals surface area (Å²) in [6.45, 7) is 8.04. The van der Waals surface area contributed by atoms with E-state index in [-0.39, 0.29) is 11.8 Å². The van der Waals surface area contributed by atoms with Crippen molar-refractivity contribution in [2.45, 2.75) is 38.3 Å². The molecule has 61 heavy (non-hydrogen) atoms. The normalized spacial score (nSPS) is 13.4. The van der Waals surface area contributed by atoms with E-state index >= 15 is 4.39 Å². The lowest BCUT2D eigenvalue weighted by Crippen LogP contribution is -2.50. The van der Waals surface area contributed by atoms with Crippen LogP contribution in [0, 0.1) is 5.82 Å². The maximum absolute atomic E-state index is 15.5. The van der Waals surface area contributed by atoms with Gasteiger partial charge in [0.25, 0.3) is 5.56 Å². The third-order valence-corrected chi connectivity index (χ3v) is 11.2. The van der Waals surface area contributed by atoms with Crippen molar-refractivity contribution in [1.82, 2.24) is 24.5 Å². The number of para-hydroxylation sites is 1. The number of amides is 1. The fourth-order valence-corrected chi connectivity index (χ4v) is 8.17. The molecule has 0 atom stereocenters. The molecule has 8 rings (SSSR count). The zero-order valence-electron chi connectivity index (χ0n) is 34.2. The van der Waals surface area contributed by atoms with Crippen molar-refractivity contribution in [3.8, 4) is 28.4 Å². The topological polar surface area (TPSA) is 115 Å². The molecule has 0 radical (unpaired) electrons. The average Bonchev–Trinajstić information content (AvgIpc) is 3.62. The van der Waals surface area contributed by atoms with Crippen LogP contribution in [-0.4, -0.2) is 79.4 Å². The van der Waals surface area contributed by atoms with Gasteiger partial charge >= 0.3 is 6.09 Å². The highest BCUT2D eigenvalue weighted by Gasteiger charge is 2.42. The second kappa shape index (κ2) is 17.3. The van der Waals surface area contributed by atoms with E-state index in [0.717, 1.165) is 38.8 Å². The molecule has 1 fully saturated rings. The zero-order valence-corrected chi connectivity index (χ0v) is 35.8. The molecule has 0 bridgehead atoms. The molecule has 1 aliphatic heterocycles. The van der Waals surface area contributed by atoms with E-state index in [9.17, 15) is 14.7 Å². The maximum atomic E-state index is 15.5. The number of aromatic hydroxyl groups is 1. The summed E-state index contributed by atoms with van der Waals surface area (Å²) in [7, 11) is 0. The van der Waals surface area contributed by atoms with Gasteiger partial charge in [-0.2, -0.15) is 14.9 Å². The number of phenols is 1. The smallest absolute Gasteiger partial charge is 0.410 e. The number of anilines is 1. The van der Waals surface area contributed by atoms with Crippen LogP contribution in [-0.2, 0) is 10.3 Å². The first kappa shape index (κ1) is 41.3. The number of hydrogen-bond donors (Lipinski definition) is 1. The summed E-state index contributed by atoms with van der Waals surface area (Å²) in [5.74, 6) is -0.644. The van der Waals surface area contributed by atoms with Gasteiger partial charge in [-0.05, 0) is 68.1 Å². The van der Waals surface area contributed by atoms with Crippen LogP contribution in [0.1, 0.15) is 43.9 Å². The summed E-state index contributed by atoms with van der Waals surface area (Å²) in [6.07, 6.45) is 0.410. The highest BCUT2D eigenvalue weighted by atomic mass is 79.9. The van der Waals surface area contributed by atoms with E-state index in [0.29, 0.717) is 60.8 Å². The molecule has 7 aromatic rings. The lowest BCUT2D eigenvalue weighted by Gasteiger charge is -2.37. The molecule has 0 aliphatic carbocycles. The van der Waals surface area contributed by atoms with Gasteiger partial charge in [0, 0.05) is 43.1 Å². The second-order valence-electron chi connectivity index (χ2n) is 15.8. The van der Waals surface area contributed by atoms with Crippen molar-refractivity contribution in [1.29, 1.82) is 0 Å². The number of fused-ring (bicyclic) bond motifs is 1. The predicted molar refractivity (Wildman–Crippen MR) is 239 cm³/mol. The molecule has 3 heterocycles. The first-order valence-electron chi connectivity index (χ1n) is 20.2. The van der Waals surface area contributed by atoms with E-state index in [2.05, 4.69) is 20.8 Å². The monoisotopic (exact) mass is 884 g/mol. The van der Waals surface area contributed by atoms with Crippen LogP contribution < -0.4 is 15.2 Å². The molecule has 1 amide bonds. The van der Waals surface area contributed by atoms with Crippen molar-refractivity contribution in [3.63, 3.8) is 0 Å². The molecule has 0 saturated carbocycles. The minimum atomic E-state index is -1.14. The number of ether oxygens (including phenoxy) is 2. The minimum Gasteiger partial charge on any atom is -0.506 e. The van der Waals surface area contributed by atoms with Crippen LogP contribution >= 0.6 is 15.9 Å². The van der Waals surface area contributed by atoms with E-state index < -0.39 is 28.3 Å². The van der Waals surface area contributed by atoms with Gasteiger partial charge in [0.15, 0.2) is 5.82 Å². The number of alkyl halides is 1. The van der Waals surface area contributed by atoms with Crippen molar-refractivity contribution in [3.05, 3.63) is 166 Å². The Hall–Kier alpha value is -6.47. The number of carbonyl (C=O) groups is 1. The SMILES string of the molecule is CC(C)(C)OC(=O)N1CCN(c2ccc(-c3nn(C(c4ccccc4)(c4ccccc4)c4ccccc4)c4cc(=O)n(-c5c(O)cccc5F)nc34)cc2OCCCBr)CC1. The average molecular weight is 886 g/mol. The molecule has 1 aliphatic rings. The number of carbonyl (C=O) groups excluding carboxylic acids is 1. The first-order valence-corrected chi connectivity index (χ1v) is 21.4. The molecule has 1 saturated heterocycles. The van der Waals surface area contributed by atoms with E-state index in [1.165, 1.54) is 24.3 Å². The summed E-state index contributed by atoms with van der Waals surface area (Å²) in [6, 6.07) is 41.0. The first-order chi connectivity index (χ1) is 29.5. The molecular formula is C48H46BrFN6O5. The summed E-state index contributed by atoms with van der Waals surface area (Å²) < 4.78 is 30.4. The van der Waals surface area contributed by atoms with E-state index in [1.54, 1.807) is 4.90 Å². The van der Waals surface area contributed by atoms with Gasteiger partial charge in [0.2, 0.25) is 0 Å². The van der Waals surface area contributed by atoms with Crippen LogP contribution in [0.5, 0.6) is 11.5 Å². The Morgan fingerprint density at radius 2 is 1.39 bits per heavy atom. The molecule has 11 nitrogen and oxygen atoms in total. The summed E-state index contributed by atoms with van der Waals surface area (Å²) >= 11 is 3.52. The molecule has 5 aromatic carbocycles. The molecule has 0 unspecified atom stereocenters. The number of halogens is 2. The number of hydrogen-bond acceptors (Lipinski definition) is 8. The molecule has 0 spiro atoms. The van der Waals surface area contributed by atoms with Crippen LogP contribution in [0.25, 0.3) is 28.0 Å². The third kappa shape index (κ3) is 8.09. The highest BCUT2D eigenvalue weighted by Crippen LogP contribution is 2.44. The number of phenolic OH excluding ortho intramolecular Hbond substituents is 1. The number of piperazine rings is 1. The van der Waals surface area contributed by atoms with Gasteiger partial charge in [-0.3, -0.25) is 4.79 Å². The fourth-order valence-electron chi connectivity index (χ4n) is 7.94. The molecule has 13 heteroatoms. The number of nitrogens with zero attached hydrogens (tertiary/aromatic N) is 6. The molecule has 1 N–H and O–H groups in total. The summed E-state index contributed by atoms with van der Waals surface area (Å²) in [4.78, 5) is 31.1. The zero-order chi connectivity index (χ0) is 42.7. The lowest BCUT2D eigenvalue weighted by atomic mass is 9.77. The lowest BCUT2D eigenvalue weighted by molar-refractivity contribution is 0.0240. The Bertz CT molecular complexity index is 2600. The Kier molecular flexibility index (Phi) is 11.7. The van der Waals surface area contributed by atoms with Gasteiger partial charge < -0.3 is 24.4 Å². The standard InChI is InChI=1S/C48H46BrFN6O5/c1-47(2,3)61-46(59)54-28-26-53(27-29-54)38-24-23-33(31-41(38)60-30-14-25-49)43-44-39(32-42(58)55(51-44)45-37(50)21-13-22-40(45)57)56(52-43)48(34-15-7-4-8-16-34,35-17-9-5-10-18-35)36-19-11-6-12-20-36/h4-13,15-24,31-32,57H,14,25-30H2,1-3H3. The minimum absolute atomic E-state index is 0.291. The third-order valence-electron chi connectivity index (χ3n) is 10.7. The van der Waals surface area contributed by atoms with Crippen molar-refractivity contribution < 1.29 is 23.8 Å².